The zero-order chi connectivity index (χ0) is 57.4. The van der Waals surface area contributed by atoms with Crippen LogP contribution in [0.25, 0.3) is 0 Å². The van der Waals surface area contributed by atoms with Crippen LogP contribution in [-0.2, 0) is 85.3 Å². The van der Waals surface area contributed by atoms with Gasteiger partial charge >= 0.3 is 0 Å². The Hall–Kier alpha value is -4.64. The first kappa shape index (κ1) is 63.9. The van der Waals surface area contributed by atoms with Gasteiger partial charge in [0.2, 0.25) is 0 Å². The van der Waals surface area contributed by atoms with Crippen molar-refractivity contribution in [3.05, 3.63) is 119 Å². The molecule has 0 N–H and O–H groups in total. The number of hydrogen-bond acceptors (Lipinski definition) is 22. The molecule has 22 nitrogen and oxygen atoms in total. The van der Waals surface area contributed by atoms with Crippen molar-refractivity contribution in [1.82, 2.24) is 0 Å². The number of ether oxygens (including phenoxy) is 22. The molecule has 4 aromatic rings. The summed E-state index contributed by atoms with van der Waals surface area (Å²) in [5.41, 5.74) is 2.62. The molecule has 0 saturated carbocycles. The molecule has 0 atom stereocenters. The van der Waals surface area contributed by atoms with Gasteiger partial charge in [0.05, 0.1) is 196 Å². The average Bonchev–Trinajstić information content (AvgIpc) is 3.73. The predicted molar refractivity (Wildman–Crippen MR) is 299 cm³/mol. The van der Waals surface area contributed by atoms with E-state index in [0.717, 1.165) is 22.3 Å². The van der Waals surface area contributed by atoms with Crippen molar-refractivity contribution in [3.63, 3.8) is 0 Å². The number of hydrogen-bond donors (Lipinski definition) is 0. The van der Waals surface area contributed by atoms with Crippen LogP contribution in [0, 0.1) is 10.8 Å². The normalized spacial score (nSPS) is 28.0. The van der Waals surface area contributed by atoms with E-state index in [-0.39, 0.29) is 0 Å². The third-order valence-electron chi connectivity index (χ3n) is 13.8. The highest BCUT2D eigenvalue weighted by Crippen LogP contribution is 2.41. The number of rotatable bonds is 0. The highest BCUT2D eigenvalue weighted by Gasteiger charge is 2.44. The van der Waals surface area contributed by atoms with Crippen LogP contribution in [0.3, 0.4) is 0 Å². The zero-order valence-corrected chi connectivity index (χ0v) is 48.2. The minimum Gasteiger partial charge on any atom is -0.491 e. The van der Waals surface area contributed by atoms with E-state index in [9.17, 15) is 0 Å². The quantitative estimate of drug-likeness (QED) is 0.181. The van der Waals surface area contributed by atoms with Crippen molar-refractivity contribution in [3.8, 4) is 23.0 Å². The topological polar surface area (TPSA) is 203 Å². The van der Waals surface area contributed by atoms with Gasteiger partial charge < -0.3 is 104 Å². The fourth-order valence-corrected chi connectivity index (χ4v) is 9.32. The van der Waals surface area contributed by atoms with Gasteiger partial charge in [-0.2, -0.15) is 0 Å². The summed E-state index contributed by atoms with van der Waals surface area (Å²) in [7, 11) is 0. The average molecular weight is 1180 g/mol. The Morgan fingerprint density at radius 1 is 0.214 bits per heavy atom. The smallest absolute Gasteiger partial charge is 0.183 e. The molecule has 0 aromatic heterocycles. The van der Waals surface area contributed by atoms with Gasteiger partial charge in [0.15, 0.2) is 25.2 Å². The van der Waals surface area contributed by atoms with Gasteiger partial charge in [-0.25, -0.2) is 0 Å². The van der Waals surface area contributed by atoms with E-state index in [1.54, 1.807) is 0 Å². The van der Waals surface area contributed by atoms with Crippen LogP contribution in [0.15, 0.2) is 97.1 Å². The van der Waals surface area contributed by atoms with Gasteiger partial charge in [0, 0.05) is 22.3 Å². The van der Waals surface area contributed by atoms with Gasteiger partial charge in [-0.15, -0.1) is 0 Å². The lowest BCUT2D eigenvalue weighted by atomic mass is 9.90. The molecule has 84 heavy (non-hydrogen) atoms. The minimum absolute atomic E-state index is 0.383. The first-order valence-electron chi connectivity index (χ1n) is 29.2. The summed E-state index contributed by atoms with van der Waals surface area (Å²) in [5, 5.41) is 0. The minimum atomic E-state index is -0.534. The summed E-state index contributed by atoms with van der Waals surface area (Å²) in [6.07, 6.45) is -2.13. The maximum absolute atomic E-state index is 6.22. The molecule has 4 aromatic carbocycles. The Bertz CT molecular complexity index is 2070. The van der Waals surface area contributed by atoms with Gasteiger partial charge in [0.25, 0.3) is 0 Å². The second-order valence-corrected chi connectivity index (χ2v) is 20.6. The Balaban J connectivity index is 0.649. The summed E-state index contributed by atoms with van der Waals surface area (Å²) in [4.78, 5) is 0. The number of benzene rings is 4. The molecule has 464 valence electrons. The Morgan fingerprint density at radius 2 is 0.381 bits per heavy atom. The second kappa shape index (κ2) is 36.5. The first-order chi connectivity index (χ1) is 41.6. The molecule has 0 unspecified atom stereocenters. The molecule has 4 saturated heterocycles. The van der Waals surface area contributed by atoms with Crippen LogP contribution in [0.5, 0.6) is 23.0 Å². The summed E-state index contributed by atoms with van der Waals surface area (Å²) >= 11 is 0. The van der Waals surface area contributed by atoms with Gasteiger partial charge in [-0.3, -0.25) is 0 Å². The van der Waals surface area contributed by atoms with Crippen molar-refractivity contribution in [2.45, 2.75) is 25.2 Å². The molecule has 0 radical (unpaired) electrons. The zero-order valence-electron chi connectivity index (χ0n) is 48.2. The van der Waals surface area contributed by atoms with E-state index < -0.39 is 36.0 Å². The molecule has 4 fully saturated rings. The van der Waals surface area contributed by atoms with E-state index in [4.69, 9.17) is 104 Å². The fraction of sp³-hybridized carbons (Fsp3) is 0.613. The van der Waals surface area contributed by atoms with E-state index in [0.29, 0.717) is 234 Å². The molecule has 15 rings (SSSR count). The summed E-state index contributed by atoms with van der Waals surface area (Å²) in [6, 6.07) is 30.8. The molecule has 11 aliphatic heterocycles. The van der Waals surface area contributed by atoms with Gasteiger partial charge in [-0.05, 0) is 48.5 Å². The molecule has 14 bridgehead atoms. The molecular weight excluding hydrogens is 1100 g/mol. The molecule has 0 amide bonds. The molecule has 11 aliphatic rings. The largest absolute Gasteiger partial charge is 0.491 e. The van der Waals surface area contributed by atoms with E-state index >= 15 is 0 Å². The van der Waals surface area contributed by atoms with Crippen LogP contribution in [0.1, 0.15) is 47.4 Å². The lowest BCUT2D eigenvalue weighted by molar-refractivity contribution is -0.307. The van der Waals surface area contributed by atoms with Crippen molar-refractivity contribution in [1.29, 1.82) is 0 Å². The molecule has 22 heteroatoms. The van der Waals surface area contributed by atoms with E-state index in [2.05, 4.69) is 0 Å². The summed E-state index contributed by atoms with van der Waals surface area (Å²) in [5.74, 6) is 2.80. The SMILES string of the molecule is c1cc2cc(c1)C1OCC3(CO1)COC(OC3)c1cccc(c1)OCCOCCOCCOCCOCCOCCOc1cccc(c1)C1OCC3(COC(OC3)c3cccc(c3)OCCOCCOCCOCCOCCOCCO2)CO1. The first-order valence-corrected chi connectivity index (χ1v) is 29.2. The van der Waals surface area contributed by atoms with Crippen LogP contribution < -0.4 is 18.9 Å². The lowest BCUT2D eigenvalue weighted by Crippen LogP contribution is -2.49. The second-order valence-electron chi connectivity index (χ2n) is 20.6. The Kier molecular flexibility index (Phi) is 27.7. The predicted octanol–water partition coefficient (Wildman–Crippen LogP) is 6.64. The standard InChI is InChI=1S/C62H84O22/c1-5-49-37-53(9-1)73-33-29-69-25-21-65-17-13-63-14-18-66-22-26-71-31-35-75-55-11-3-7-51(39-55)59-81-45-62(46-82-59)47-83-60(84-48-62)52-8-4-12-56(40-52)76-36-32-72-28-24-68-20-16-64-15-19-67-23-27-70-30-34-74-54-10-2-6-50(38-54)58-79-43-61(44-80-58)41-77-57(49)78-42-61/h1-12,37-40,57-60H,13-36,41-48H2. The lowest BCUT2D eigenvalue weighted by Gasteiger charge is -2.43. The van der Waals surface area contributed by atoms with E-state index in [1.807, 2.05) is 97.1 Å². The van der Waals surface area contributed by atoms with Gasteiger partial charge in [-0.1, -0.05) is 48.5 Å². The maximum atomic E-state index is 6.22. The summed E-state index contributed by atoms with van der Waals surface area (Å²) < 4.78 is 130. The Labute approximate surface area is 492 Å². The van der Waals surface area contributed by atoms with Crippen molar-refractivity contribution < 1.29 is 104 Å². The Morgan fingerprint density at radius 3 is 0.560 bits per heavy atom. The van der Waals surface area contributed by atoms with Crippen LogP contribution in [0.2, 0.25) is 0 Å². The molecule has 0 aliphatic carbocycles. The van der Waals surface area contributed by atoms with E-state index in [1.165, 1.54) is 0 Å². The summed E-state index contributed by atoms with van der Waals surface area (Å²) in [6.45, 7) is 13.8. The third-order valence-corrected chi connectivity index (χ3v) is 13.8. The third kappa shape index (κ3) is 21.9. The van der Waals surface area contributed by atoms with Crippen LogP contribution in [-0.4, -0.2) is 211 Å². The van der Waals surface area contributed by atoms with Crippen molar-refractivity contribution in [2.24, 2.45) is 10.8 Å². The molecule has 2 spiro atoms. The van der Waals surface area contributed by atoms with Gasteiger partial charge in [0.1, 0.15) is 49.4 Å². The highest BCUT2D eigenvalue weighted by molar-refractivity contribution is 5.32. The molecular formula is C62H84O22. The fourth-order valence-electron chi connectivity index (χ4n) is 9.32. The van der Waals surface area contributed by atoms with Crippen LogP contribution >= 0.6 is 0 Å². The molecule has 11 heterocycles. The highest BCUT2D eigenvalue weighted by atomic mass is 16.7. The maximum Gasteiger partial charge on any atom is 0.183 e. The van der Waals surface area contributed by atoms with Crippen LogP contribution in [0.4, 0.5) is 0 Å². The monoisotopic (exact) mass is 1180 g/mol. The van der Waals surface area contributed by atoms with Crippen molar-refractivity contribution in [2.75, 3.05) is 211 Å². The van der Waals surface area contributed by atoms with Crippen molar-refractivity contribution >= 4 is 0 Å².